The summed E-state index contributed by atoms with van der Waals surface area (Å²) in [6, 6.07) is 5.69. The van der Waals surface area contributed by atoms with Gasteiger partial charge in [0.25, 0.3) is 0 Å². The number of ether oxygens (including phenoxy) is 3. The molecule has 148 valence electrons. The molecule has 0 fully saturated rings. The summed E-state index contributed by atoms with van der Waals surface area (Å²) in [7, 11) is 3.19. The molecule has 8 nitrogen and oxygen atoms in total. The van der Waals surface area contributed by atoms with Crippen molar-refractivity contribution in [2.24, 2.45) is 0 Å². The van der Waals surface area contributed by atoms with E-state index >= 15 is 0 Å². The molecule has 0 saturated heterocycles. The van der Waals surface area contributed by atoms with Gasteiger partial charge in [-0.15, -0.1) is 0 Å². The lowest BCUT2D eigenvalue weighted by atomic mass is 9.78. The van der Waals surface area contributed by atoms with Crippen molar-refractivity contribution in [3.05, 3.63) is 52.8 Å². The van der Waals surface area contributed by atoms with Crippen molar-refractivity contribution in [3.8, 4) is 17.4 Å². The zero-order valence-electron chi connectivity index (χ0n) is 16.4. The lowest BCUT2D eigenvalue weighted by Gasteiger charge is -2.32. The third-order valence-electron chi connectivity index (χ3n) is 5.44. The van der Waals surface area contributed by atoms with E-state index in [1.54, 1.807) is 25.1 Å². The van der Waals surface area contributed by atoms with Gasteiger partial charge in [-0.05, 0) is 31.0 Å². The Balaban J connectivity index is 1.80. The van der Waals surface area contributed by atoms with E-state index in [0.717, 1.165) is 17.5 Å². The van der Waals surface area contributed by atoms with Gasteiger partial charge in [-0.25, -0.2) is 14.5 Å². The van der Waals surface area contributed by atoms with Crippen LogP contribution in [0.15, 0.2) is 35.9 Å². The second-order valence-corrected chi connectivity index (χ2v) is 7.15. The summed E-state index contributed by atoms with van der Waals surface area (Å²) in [6.07, 6.45) is 3.58. The second kappa shape index (κ2) is 6.58. The van der Waals surface area contributed by atoms with Crippen LogP contribution in [-0.4, -0.2) is 39.6 Å². The predicted octanol–water partition coefficient (Wildman–Crippen LogP) is 2.98. The van der Waals surface area contributed by atoms with E-state index < -0.39 is 0 Å². The zero-order chi connectivity index (χ0) is 20.1. The molecule has 3 heterocycles. The predicted molar refractivity (Wildman–Crippen MR) is 103 cm³/mol. The molecule has 0 N–H and O–H groups in total. The Morgan fingerprint density at radius 3 is 2.79 bits per heavy atom. The fourth-order valence-electron chi connectivity index (χ4n) is 4.19. The summed E-state index contributed by atoms with van der Waals surface area (Å²) >= 11 is 0. The number of rotatable bonds is 3. The van der Waals surface area contributed by atoms with Crippen molar-refractivity contribution < 1.29 is 19.0 Å². The number of allylic oxidation sites excluding steroid dienone is 2. The quantitative estimate of drug-likeness (QED) is 0.677. The van der Waals surface area contributed by atoms with Gasteiger partial charge < -0.3 is 14.2 Å². The number of hydrogen-bond donors (Lipinski definition) is 0. The van der Waals surface area contributed by atoms with E-state index in [0.29, 0.717) is 53.0 Å². The standard InChI is InChI=1S/C21H20N4O4/c1-11-23-20-19-17(12-7-8-14(27-2)16(9-12)28-3)18-13(26)5-4-6-15(18)29-21(19)22-10-25(20)24-11/h7-10,17H,4-6H2,1-3H3/t17-/m1/s1. The van der Waals surface area contributed by atoms with Gasteiger partial charge in [-0.2, -0.15) is 5.10 Å². The van der Waals surface area contributed by atoms with Gasteiger partial charge in [0.15, 0.2) is 22.9 Å². The van der Waals surface area contributed by atoms with Gasteiger partial charge in [0.2, 0.25) is 5.88 Å². The largest absolute Gasteiger partial charge is 0.493 e. The van der Waals surface area contributed by atoms with Crippen LogP contribution < -0.4 is 14.2 Å². The van der Waals surface area contributed by atoms with Crippen LogP contribution >= 0.6 is 0 Å². The molecule has 0 unspecified atom stereocenters. The Labute approximate surface area is 167 Å². The van der Waals surface area contributed by atoms with E-state index in [1.807, 2.05) is 25.1 Å². The molecule has 3 aromatic rings. The third kappa shape index (κ3) is 2.66. The monoisotopic (exact) mass is 392 g/mol. The van der Waals surface area contributed by atoms with Gasteiger partial charge in [-0.1, -0.05) is 6.07 Å². The van der Waals surface area contributed by atoms with Crippen molar-refractivity contribution in [2.75, 3.05) is 14.2 Å². The number of Topliss-reactive ketones (excluding diaryl/α,β-unsaturated/α-hetero) is 1. The van der Waals surface area contributed by atoms with Crippen LogP contribution in [0.2, 0.25) is 0 Å². The van der Waals surface area contributed by atoms with Gasteiger partial charge in [-0.3, -0.25) is 4.79 Å². The van der Waals surface area contributed by atoms with Crippen LogP contribution in [0.5, 0.6) is 17.4 Å². The molecule has 1 aliphatic carbocycles. The molecule has 2 aromatic heterocycles. The maximum Gasteiger partial charge on any atom is 0.228 e. The first kappa shape index (κ1) is 17.7. The van der Waals surface area contributed by atoms with Gasteiger partial charge in [0, 0.05) is 18.4 Å². The van der Waals surface area contributed by atoms with Crippen molar-refractivity contribution in [1.82, 2.24) is 19.6 Å². The lowest BCUT2D eigenvalue weighted by molar-refractivity contribution is -0.116. The average molecular weight is 392 g/mol. The molecule has 1 aromatic carbocycles. The molecule has 0 amide bonds. The highest BCUT2D eigenvalue weighted by molar-refractivity contribution is 6.00. The number of hydrogen-bond acceptors (Lipinski definition) is 7. The number of ketones is 1. The highest BCUT2D eigenvalue weighted by atomic mass is 16.5. The van der Waals surface area contributed by atoms with Crippen LogP contribution in [-0.2, 0) is 4.79 Å². The van der Waals surface area contributed by atoms with Crippen LogP contribution in [0.4, 0.5) is 0 Å². The van der Waals surface area contributed by atoms with E-state index in [9.17, 15) is 4.79 Å². The van der Waals surface area contributed by atoms with Crippen LogP contribution in [0.3, 0.4) is 0 Å². The van der Waals surface area contributed by atoms with Gasteiger partial charge >= 0.3 is 0 Å². The minimum atomic E-state index is -0.360. The van der Waals surface area contributed by atoms with E-state index in [-0.39, 0.29) is 11.7 Å². The molecule has 5 rings (SSSR count). The minimum absolute atomic E-state index is 0.0925. The maximum atomic E-state index is 13.0. The number of methoxy groups -OCH3 is 2. The number of aromatic nitrogens is 4. The topological polar surface area (TPSA) is 87.8 Å². The Morgan fingerprint density at radius 1 is 1.17 bits per heavy atom. The average Bonchev–Trinajstić information content (AvgIpc) is 3.12. The van der Waals surface area contributed by atoms with Gasteiger partial charge in [0.1, 0.15) is 17.9 Å². The fraction of sp³-hybridized carbons (Fsp3) is 0.333. The molecule has 1 aliphatic heterocycles. The Bertz CT molecular complexity index is 1180. The SMILES string of the molecule is COc1ccc([C@@H]2C3=C(CCCC3=O)Oc3ncn4nc(C)nc4c32)cc1OC. The molecule has 2 aliphatic rings. The van der Waals surface area contributed by atoms with Crippen LogP contribution in [0.25, 0.3) is 5.65 Å². The number of benzene rings is 1. The van der Waals surface area contributed by atoms with E-state index in [1.165, 1.54) is 0 Å². The highest BCUT2D eigenvalue weighted by Crippen LogP contribution is 2.48. The second-order valence-electron chi connectivity index (χ2n) is 7.15. The zero-order valence-corrected chi connectivity index (χ0v) is 16.4. The first-order chi connectivity index (χ1) is 14.1. The summed E-state index contributed by atoms with van der Waals surface area (Å²) < 4.78 is 18.6. The molecule has 1 atom stereocenters. The minimum Gasteiger partial charge on any atom is -0.493 e. The van der Waals surface area contributed by atoms with Gasteiger partial charge in [0.05, 0.1) is 25.7 Å². The Kier molecular flexibility index (Phi) is 4.01. The molecule has 0 bridgehead atoms. The normalized spacial score (nSPS) is 18.3. The summed E-state index contributed by atoms with van der Waals surface area (Å²) in [5.74, 6) is 2.75. The summed E-state index contributed by atoms with van der Waals surface area (Å²) in [4.78, 5) is 22.0. The highest BCUT2D eigenvalue weighted by Gasteiger charge is 2.39. The lowest BCUT2D eigenvalue weighted by Crippen LogP contribution is -2.26. The number of fused-ring (bicyclic) bond motifs is 3. The molecule has 0 saturated carbocycles. The van der Waals surface area contributed by atoms with Crippen molar-refractivity contribution in [2.45, 2.75) is 32.1 Å². The third-order valence-corrected chi connectivity index (χ3v) is 5.44. The first-order valence-electron chi connectivity index (χ1n) is 9.48. The maximum absolute atomic E-state index is 13.0. The Hall–Kier alpha value is -3.42. The van der Waals surface area contributed by atoms with Crippen molar-refractivity contribution in [1.29, 1.82) is 0 Å². The first-order valence-corrected chi connectivity index (χ1v) is 9.48. The number of carbonyl (C=O) groups excluding carboxylic acids is 1. The number of aryl methyl sites for hydroxylation is 1. The summed E-state index contributed by atoms with van der Waals surface area (Å²) in [5, 5.41) is 4.38. The number of nitrogens with zero attached hydrogens (tertiary/aromatic N) is 4. The molecule has 0 radical (unpaired) electrons. The number of carbonyl (C=O) groups is 1. The van der Waals surface area contributed by atoms with E-state index in [4.69, 9.17) is 14.2 Å². The van der Waals surface area contributed by atoms with Crippen LogP contribution in [0.1, 0.15) is 42.1 Å². The molecule has 29 heavy (non-hydrogen) atoms. The van der Waals surface area contributed by atoms with Crippen molar-refractivity contribution in [3.63, 3.8) is 0 Å². The summed E-state index contributed by atoms with van der Waals surface area (Å²) in [6.45, 7) is 1.82. The molecule has 8 heteroatoms. The molecular weight excluding hydrogens is 372 g/mol. The smallest absolute Gasteiger partial charge is 0.228 e. The molecule has 0 spiro atoms. The Morgan fingerprint density at radius 2 is 2.00 bits per heavy atom. The van der Waals surface area contributed by atoms with E-state index in [2.05, 4.69) is 15.1 Å². The van der Waals surface area contributed by atoms with Crippen molar-refractivity contribution >= 4 is 11.4 Å². The summed E-state index contributed by atoms with van der Waals surface area (Å²) in [5.41, 5.74) is 2.95. The fourth-order valence-corrected chi connectivity index (χ4v) is 4.19. The molecular formula is C21H20N4O4. The van der Waals surface area contributed by atoms with Crippen LogP contribution in [0, 0.1) is 6.92 Å².